The first-order chi connectivity index (χ1) is 27.7. The molecule has 0 amide bonds. The molecule has 0 aliphatic rings. The van der Waals surface area contributed by atoms with E-state index in [0.717, 1.165) is 54.7 Å². The second kappa shape index (κ2) is 13.9. The van der Waals surface area contributed by atoms with Crippen molar-refractivity contribution in [2.45, 2.75) is 6.92 Å². The zero-order valence-corrected chi connectivity index (χ0v) is 31.4. The van der Waals surface area contributed by atoms with Crippen molar-refractivity contribution in [2.24, 2.45) is 0 Å². The zero-order valence-electron chi connectivity index (χ0n) is 30.5. The Balaban J connectivity index is 1.16. The molecular formula is C49H34N6S. The van der Waals surface area contributed by atoms with Crippen molar-refractivity contribution in [3.05, 3.63) is 188 Å². The molecule has 0 saturated carbocycles. The van der Waals surface area contributed by atoms with Crippen molar-refractivity contribution >= 4 is 53.9 Å². The highest BCUT2D eigenvalue weighted by Crippen LogP contribution is 2.42. The van der Waals surface area contributed by atoms with Crippen LogP contribution in [0.1, 0.15) is 12.7 Å². The molecule has 0 radical (unpaired) electrons. The average molecular weight is 739 g/mol. The van der Waals surface area contributed by atoms with E-state index in [2.05, 4.69) is 137 Å². The van der Waals surface area contributed by atoms with Crippen LogP contribution in [0.2, 0.25) is 0 Å². The van der Waals surface area contributed by atoms with E-state index in [1.54, 1.807) is 17.4 Å². The van der Waals surface area contributed by atoms with Gasteiger partial charge in [0.25, 0.3) is 0 Å². The predicted octanol–water partition coefficient (Wildman–Crippen LogP) is 12.6. The van der Waals surface area contributed by atoms with Gasteiger partial charge in [0.2, 0.25) is 5.95 Å². The Kier molecular flexibility index (Phi) is 8.27. The molecule has 7 heteroatoms. The Morgan fingerprint density at radius 1 is 0.625 bits per heavy atom. The fourth-order valence-electron chi connectivity index (χ4n) is 7.56. The lowest BCUT2D eigenvalue weighted by atomic mass is 9.99. The lowest BCUT2D eigenvalue weighted by molar-refractivity contribution is 0.932. The molecule has 0 saturated heterocycles. The van der Waals surface area contributed by atoms with Crippen molar-refractivity contribution in [3.63, 3.8) is 0 Å². The van der Waals surface area contributed by atoms with E-state index in [-0.39, 0.29) is 0 Å². The summed E-state index contributed by atoms with van der Waals surface area (Å²) in [6.45, 7) is 5.85. The van der Waals surface area contributed by atoms with E-state index in [1.807, 2.05) is 55.5 Å². The first kappa shape index (κ1) is 33.4. The third kappa shape index (κ3) is 5.65. The van der Waals surface area contributed by atoms with Gasteiger partial charge in [-0.05, 0) is 36.2 Å². The first-order valence-electron chi connectivity index (χ1n) is 18.5. The minimum absolute atomic E-state index is 0.552. The van der Waals surface area contributed by atoms with Crippen LogP contribution >= 0.6 is 11.3 Å². The molecule has 10 aromatic rings. The summed E-state index contributed by atoms with van der Waals surface area (Å²) in [5, 5.41) is 2.20. The summed E-state index contributed by atoms with van der Waals surface area (Å²) < 4.78 is 5.64. The number of thiazole rings is 1. The highest BCUT2D eigenvalue weighted by Gasteiger charge is 2.21. The Morgan fingerprint density at radius 3 is 2.02 bits per heavy atom. The van der Waals surface area contributed by atoms with Crippen LogP contribution in [0.5, 0.6) is 0 Å². The molecule has 0 spiro atoms. The highest BCUT2D eigenvalue weighted by atomic mass is 32.1. The number of benzene rings is 6. The molecule has 0 unspecified atom stereocenters. The SMILES string of the molecule is C=C/C=C\C(=C/C)c1nc(-c2ccccc2)nc(-n2c3ccccc3c3cc(-c4cn5c(n4)sc4c(-c6ccccc6)ccc(-c6ccccc6)c45)ccc32)n1. The number of nitrogens with zero attached hydrogens (tertiary/aromatic N) is 6. The maximum atomic E-state index is 5.27. The molecule has 0 bridgehead atoms. The molecule has 56 heavy (non-hydrogen) atoms. The fraction of sp³-hybridized carbons (Fsp3) is 0.0204. The maximum absolute atomic E-state index is 5.27. The Bertz CT molecular complexity index is 3150. The smallest absolute Gasteiger partial charge is 0.238 e. The van der Waals surface area contributed by atoms with E-state index in [1.165, 1.54) is 27.0 Å². The molecule has 10 rings (SSSR count). The first-order valence-corrected chi connectivity index (χ1v) is 19.4. The summed E-state index contributed by atoms with van der Waals surface area (Å²) in [6.07, 6.45) is 9.83. The van der Waals surface area contributed by atoms with E-state index < -0.39 is 0 Å². The van der Waals surface area contributed by atoms with Crippen LogP contribution in [0.3, 0.4) is 0 Å². The summed E-state index contributed by atoms with van der Waals surface area (Å²) in [6, 6.07) is 50.8. The number of aromatic nitrogens is 6. The molecular weight excluding hydrogens is 705 g/mol. The summed E-state index contributed by atoms with van der Waals surface area (Å²) in [7, 11) is 0. The Hall–Kier alpha value is -7.22. The third-order valence-electron chi connectivity index (χ3n) is 10.2. The highest BCUT2D eigenvalue weighted by molar-refractivity contribution is 7.24. The van der Waals surface area contributed by atoms with Crippen LogP contribution in [0.25, 0.3) is 93.4 Å². The summed E-state index contributed by atoms with van der Waals surface area (Å²) in [5.41, 5.74) is 11.7. The van der Waals surface area contributed by atoms with Gasteiger partial charge in [0, 0.05) is 44.8 Å². The van der Waals surface area contributed by atoms with Crippen molar-refractivity contribution in [1.82, 2.24) is 28.9 Å². The van der Waals surface area contributed by atoms with Gasteiger partial charge in [0.1, 0.15) is 0 Å². The van der Waals surface area contributed by atoms with Gasteiger partial charge in [0.05, 0.1) is 26.9 Å². The molecule has 266 valence electrons. The molecule has 0 atom stereocenters. The third-order valence-corrected chi connectivity index (χ3v) is 11.3. The molecule has 6 aromatic carbocycles. The lowest BCUT2D eigenvalue weighted by Crippen LogP contribution is -2.07. The predicted molar refractivity (Wildman–Crippen MR) is 233 cm³/mol. The van der Waals surface area contributed by atoms with Gasteiger partial charge in [-0.15, -0.1) is 0 Å². The molecule has 4 aromatic heterocycles. The van der Waals surface area contributed by atoms with Gasteiger partial charge >= 0.3 is 0 Å². The van der Waals surface area contributed by atoms with Gasteiger partial charge in [0.15, 0.2) is 16.6 Å². The standard InChI is InChI=1S/C49H34N6S/c1-3-5-17-32(4-2)46-51-47(35-22-13-8-14-23-35)53-48(52-46)55-42-25-16-15-24-39(42)40-30-36(26-29-43(40)55)41-31-54-44-37(33-18-9-6-10-19-33)27-28-38(34-20-11-7-12-21-34)45(44)56-49(54)50-41/h3-31H,1H2,2H3/b17-5-,32-4+. The van der Waals surface area contributed by atoms with Crippen LogP contribution in [-0.2, 0) is 0 Å². The topological polar surface area (TPSA) is 60.9 Å². The van der Waals surface area contributed by atoms with Gasteiger partial charge in [-0.1, -0.05) is 170 Å². The van der Waals surface area contributed by atoms with Crippen LogP contribution < -0.4 is 0 Å². The number of para-hydroxylation sites is 1. The zero-order chi connectivity index (χ0) is 37.6. The van der Waals surface area contributed by atoms with Gasteiger partial charge in [-0.3, -0.25) is 8.97 Å². The monoisotopic (exact) mass is 738 g/mol. The van der Waals surface area contributed by atoms with Crippen LogP contribution in [-0.4, -0.2) is 28.9 Å². The van der Waals surface area contributed by atoms with Gasteiger partial charge in [-0.2, -0.15) is 9.97 Å². The van der Waals surface area contributed by atoms with E-state index in [0.29, 0.717) is 17.6 Å². The number of hydrogen-bond donors (Lipinski definition) is 0. The number of fused-ring (bicyclic) bond motifs is 6. The molecule has 0 fully saturated rings. The number of hydrogen-bond acceptors (Lipinski definition) is 5. The largest absolute Gasteiger partial charge is 0.289 e. The Labute approximate surface area is 327 Å². The number of rotatable bonds is 8. The second-order valence-electron chi connectivity index (χ2n) is 13.5. The van der Waals surface area contributed by atoms with Gasteiger partial charge < -0.3 is 0 Å². The lowest BCUT2D eigenvalue weighted by Gasteiger charge is -2.11. The van der Waals surface area contributed by atoms with Gasteiger partial charge in [-0.25, -0.2) is 9.97 Å². The summed E-state index contributed by atoms with van der Waals surface area (Å²) in [5.74, 6) is 1.75. The van der Waals surface area contributed by atoms with Crippen LogP contribution in [0.15, 0.2) is 183 Å². The minimum Gasteiger partial charge on any atom is -0.289 e. The van der Waals surface area contributed by atoms with Crippen molar-refractivity contribution in [2.75, 3.05) is 0 Å². The van der Waals surface area contributed by atoms with E-state index >= 15 is 0 Å². The van der Waals surface area contributed by atoms with E-state index in [9.17, 15) is 0 Å². The normalized spacial score (nSPS) is 12.1. The Morgan fingerprint density at radius 2 is 1.29 bits per heavy atom. The summed E-state index contributed by atoms with van der Waals surface area (Å²) in [4.78, 5) is 21.3. The number of allylic oxidation sites excluding steroid dienone is 5. The molecule has 0 N–H and O–H groups in total. The fourth-order valence-corrected chi connectivity index (χ4v) is 8.73. The molecule has 0 aliphatic carbocycles. The van der Waals surface area contributed by atoms with E-state index in [4.69, 9.17) is 19.9 Å². The molecule has 0 aliphatic heterocycles. The molecule has 6 nitrogen and oxygen atoms in total. The quantitative estimate of drug-likeness (QED) is 0.146. The van der Waals surface area contributed by atoms with Crippen molar-refractivity contribution < 1.29 is 0 Å². The average Bonchev–Trinajstić information content (AvgIpc) is 3.94. The maximum Gasteiger partial charge on any atom is 0.238 e. The van der Waals surface area contributed by atoms with Crippen molar-refractivity contribution in [1.29, 1.82) is 0 Å². The minimum atomic E-state index is 0.552. The molecule has 4 heterocycles. The number of imidazole rings is 1. The van der Waals surface area contributed by atoms with Crippen molar-refractivity contribution in [3.8, 4) is 50.8 Å². The second-order valence-corrected chi connectivity index (χ2v) is 14.5. The van der Waals surface area contributed by atoms with Crippen LogP contribution in [0.4, 0.5) is 0 Å². The van der Waals surface area contributed by atoms with Crippen LogP contribution in [0, 0.1) is 0 Å². The summed E-state index contributed by atoms with van der Waals surface area (Å²) >= 11 is 1.74.